The van der Waals surface area contributed by atoms with E-state index >= 15 is 0 Å². The van der Waals surface area contributed by atoms with Gasteiger partial charge in [0.15, 0.2) is 11.0 Å². The van der Waals surface area contributed by atoms with Gasteiger partial charge in [-0.25, -0.2) is 9.18 Å². The largest absolute Gasteiger partial charge is 0.333 e. The zero-order chi connectivity index (χ0) is 23.3. The zero-order valence-electron chi connectivity index (χ0n) is 18.4. The standard InChI is InChI=1S/C23H26FN5O2S/c1-15(20(30)25-21(31)26-23(2,3)4)32-22-28-27-19(17-12-8-9-13-18(17)24)29(22)14-16-10-6-5-7-11-16/h5-13,15H,14H2,1-4H3,(H2,25,26,30,31). The van der Waals surface area contributed by atoms with Crippen molar-refractivity contribution in [2.45, 2.75) is 50.2 Å². The lowest BCUT2D eigenvalue weighted by atomic mass is 10.1. The molecule has 1 unspecified atom stereocenters. The average molecular weight is 456 g/mol. The normalized spacial score (nSPS) is 12.3. The van der Waals surface area contributed by atoms with E-state index in [0.29, 0.717) is 23.1 Å². The lowest BCUT2D eigenvalue weighted by Crippen LogP contribution is -2.49. The van der Waals surface area contributed by atoms with Crippen LogP contribution in [0.4, 0.5) is 9.18 Å². The number of thioether (sulfide) groups is 1. The number of amides is 3. The first kappa shape index (κ1) is 23.5. The monoisotopic (exact) mass is 455 g/mol. The Morgan fingerprint density at radius 2 is 1.72 bits per heavy atom. The van der Waals surface area contributed by atoms with Crippen LogP contribution in [0.3, 0.4) is 0 Å². The van der Waals surface area contributed by atoms with E-state index in [4.69, 9.17) is 0 Å². The molecule has 9 heteroatoms. The summed E-state index contributed by atoms with van der Waals surface area (Å²) < 4.78 is 16.3. The third-order valence-electron chi connectivity index (χ3n) is 4.39. The van der Waals surface area contributed by atoms with Crippen LogP contribution in [0.5, 0.6) is 0 Å². The molecule has 0 spiro atoms. The molecule has 3 amide bonds. The quantitative estimate of drug-likeness (QED) is 0.543. The minimum Gasteiger partial charge on any atom is -0.333 e. The van der Waals surface area contributed by atoms with Crippen LogP contribution in [0.15, 0.2) is 59.8 Å². The molecule has 32 heavy (non-hydrogen) atoms. The number of benzene rings is 2. The third-order valence-corrected chi connectivity index (χ3v) is 5.47. The molecule has 0 radical (unpaired) electrons. The summed E-state index contributed by atoms with van der Waals surface area (Å²) >= 11 is 1.15. The van der Waals surface area contributed by atoms with Crippen LogP contribution in [0.1, 0.15) is 33.3 Å². The molecule has 3 aromatic rings. The fourth-order valence-electron chi connectivity index (χ4n) is 2.92. The van der Waals surface area contributed by atoms with Gasteiger partial charge < -0.3 is 5.32 Å². The van der Waals surface area contributed by atoms with Gasteiger partial charge in [0, 0.05) is 5.54 Å². The number of carbonyl (C=O) groups is 2. The van der Waals surface area contributed by atoms with E-state index in [9.17, 15) is 14.0 Å². The molecule has 1 aromatic heterocycles. The second-order valence-electron chi connectivity index (χ2n) is 8.31. The minimum absolute atomic E-state index is 0.324. The lowest BCUT2D eigenvalue weighted by molar-refractivity contribution is -0.119. The maximum Gasteiger partial charge on any atom is 0.321 e. The van der Waals surface area contributed by atoms with Crippen molar-refractivity contribution in [2.24, 2.45) is 0 Å². The molecule has 2 aromatic carbocycles. The van der Waals surface area contributed by atoms with Crippen molar-refractivity contribution < 1.29 is 14.0 Å². The van der Waals surface area contributed by atoms with Gasteiger partial charge in [0.2, 0.25) is 5.91 Å². The van der Waals surface area contributed by atoms with Crippen LogP contribution in [0.2, 0.25) is 0 Å². The van der Waals surface area contributed by atoms with Gasteiger partial charge in [-0.15, -0.1) is 10.2 Å². The smallest absolute Gasteiger partial charge is 0.321 e. The summed E-state index contributed by atoms with van der Waals surface area (Å²) in [6, 6.07) is 15.4. The number of nitrogens with one attached hydrogen (secondary N) is 2. The van der Waals surface area contributed by atoms with Crippen LogP contribution in [0.25, 0.3) is 11.4 Å². The van der Waals surface area contributed by atoms with Gasteiger partial charge in [0.05, 0.1) is 17.4 Å². The SMILES string of the molecule is CC(Sc1nnc(-c2ccccc2F)n1Cc1ccccc1)C(=O)NC(=O)NC(C)(C)C. The van der Waals surface area contributed by atoms with Crippen molar-refractivity contribution in [3.8, 4) is 11.4 Å². The average Bonchev–Trinajstić information content (AvgIpc) is 3.09. The predicted molar refractivity (Wildman–Crippen MR) is 123 cm³/mol. The molecule has 1 atom stereocenters. The minimum atomic E-state index is -0.632. The Labute approximate surface area is 190 Å². The van der Waals surface area contributed by atoms with Gasteiger partial charge in [0.1, 0.15) is 5.82 Å². The van der Waals surface area contributed by atoms with Crippen molar-refractivity contribution >= 4 is 23.7 Å². The number of hydrogen-bond acceptors (Lipinski definition) is 5. The van der Waals surface area contributed by atoms with Gasteiger partial charge in [0.25, 0.3) is 0 Å². The summed E-state index contributed by atoms with van der Waals surface area (Å²) in [5, 5.41) is 13.3. The van der Waals surface area contributed by atoms with Gasteiger partial charge in [-0.3, -0.25) is 14.7 Å². The van der Waals surface area contributed by atoms with E-state index in [-0.39, 0.29) is 0 Å². The molecule has 2 N–H and O–H groups in total. The number of halogens is 1. The zero-order valence-corrected chi connectivity index (χ0v) is 19.2. The maximum absolute atomic E-state index is 14.5. The van der Waals surface area contributed by atoms with Crippen molar-refractivity contribution in [3.05, 3.63) is 66.0 Å². The Kier molecular flexibility index (Phi) is 7.29. The first-order valence-electron chi connectivity index (χ1n) is 10.2. The number of imide groups is 1. The number of nitrogens with zero attached hydrogens (tertiary/aromatic N) is 3. The number of hydrogen-bond donors (Lipinski definition) is 2. The van der Waals surface area contributed by atoms with E-state index < -0.39 is 28.5 Å². The molecular formula is C23H26FN5O2S. The van der Waals surface area contributed by atoms with Crippen LogP contribution in [0, 0.1) is 5.82 Å². The van der Waals surface area contributed by atoms with E-state index in [1.54, 1.807) is 29.7 Å². The first-order chi connectivity index (χ1) is 15.1. The van der Waals surface area contributed by atoms with Crippen LogP contribution in [-0.4, -0.2) is 37.5 Å². The Balaban J connectivity index is 1.85. The highest BCUT2D eigenvalue weighted by molar-refractivity contribution is 8.00. The molecule has 3 rings (SSSR count). The van der Waals surface area contributed by atoms with Crippen LogP contribution < -0.4 is 10.6 Å². The lowest BCUT2D eigenvalue weighted by Gasteiger charge is -2.21. The van der Waals surface area contributed by atoms with Crippen molar-refractivity contribution in [1.29, 1.82) is 0 Å². The molecule has 1 heterocycles. The second kappa shape index (κ2) is 9.95. The summed E-state index contributed by atoms with van der Waals surface area (Å²) in [5.74, 6) is -0.499. The molecule has 0 saturated carbocycles. The highest BCUT2D eigenvalue weighted by Crippen LogP contribution is 2.29. The predicted octanol–water partition coefficient (Wildman–Crippen LogP) is 4.24. The first-order valence-corrected chi connectivity index (χ1v) is 11.0. The molecular weight excluding hydrogens is 429 g/mol. The Bertz CT molecular complexity index is 1100. The van der Waals surface area contributed by atoms with Gasteiger partial charge in [-0.05, 0) is 45.4 Å². The maximum atomic E-state index is 14.5. The molecule has 0 aliphatic carbocycles. The highest BCUT2D eigenvalue weighted by Gasteiger charge is 2.24. The topological polar surface area (TPSA) is 88.9 Å². The summed E-state index contributed by atoms with van der Waals surface area (Å²) in [4.78, 5) is 24.6. The number of carbonyl (C=O) groups excluding carboxylic acids is 2. The van der Waals surface area contributed by atoms with Gasteiger partial charge in [-0.2, -0.15) is 0 Å². The fraction of sp³-hybridized carbons (Fsp3) is 0.304. The summed E-state index contributed by atoms with van der Waals surface area (Å²) in [6.07, 6.45) is 0. The summed E-state index contributed by atoms with van der Waals surface area (Å²) in [7, 11) is 0. The summed E-state index contributed by atoms with van der Waals surface area (Å²) in [5.41, 5.74) is 0.837. The second-order valence-corrected chi connectivity index (χ2v) is 9.62. The number of urea groups is 1. The fourth-order valence-corrected chi connectivity index (χ4v) is 3.77. The van der Waals surface area contributed by atoms with Gasteiger partial charge >= 0.3 is 6.03 Å². The molecule has 0 fully saturated rings. The third kappa shape index (κ3) is 6.16. The van der Waals surface area contributed by atoms with Crippen LogP contribution in [-0.2, 0) is 11.3 Å². The Hall–Kier alpha value is -3.20. The van der Waals surface area contributed by atoms with Gasteiger partial charge in [-0.1, -0.05) is 54.2 Å². The summed E-state index contributed by atoms with van der Waals surface area (Å²) in [6.45, 7) is 7.55. The van der Waals surface area contributed by atoms with E-state index in [1.807, 2.05) is 51.1 Å². The van der Waals surface area contributed by atoms with E-state index in [0.717, 1.165) is 17.3 Å². The molecule has 168 valence electrons. The Morgan fingerprint density at radius 3 is 2.38 bits per heavy atom. The van der Waals surface area contributed by atoms with E-state index in [2.05, 4.69) is 20.8 Å². The van der Waals surface area contributed by atoms with Crippen molar-refractivity contribution in [2.75, 3.05) is 0 Å². The number of aromatic nitrogens is 3. The molecule has 0 bridgehead atoms. The molecule has 0 aliphatic rings. The molecule has 7 nitrogen and oxygen atoms in total. The van der Waals surface area contributed by atoms with Crippen LogP contribution >= 0.6 is 11.8 Å². The van der Waals surface area contributed by atoms with Crippen molar-refractivity contribution in [1.82, 2.24) is 25.4 Å². The Morgan fingerprint density at radius 1 is 1.06 bits per heavy atom. The van der Waals surface area contributed by atoms with E-state index in [1.165, 1.54) is 6.07 Å². The molecule has 0 aliphatic heterocycles. The highest BCUT2D eigenvalue weighted by atomic mass is 32.2. The number of rotatable bonds is 6. The molecule has 0 saturated heterocycles. The van der Waals surface area contributed by atoms with Crippen molar-refractivity contribution in [3.63, 3.8) is 0 Å².